The maximum absolute atomic E-state index is 13.1. The Morgan fingerprint density at radius 3 is 2.17 bits per heavy atom. The minimum Gasteiger partial charge on any atom is -0.258 e. The number of para-hydroxylation sites is 1. The molecule has 120 valence electrons. The Kier molecular flexibility index (Phi) is 4.62. The van der Waals surface area contributed by atoms with Crippen LogP contribution in [0, 0.1) is 10.1 Å². The number of hydrogen-bond acceptors (Lipinski definition) is 4. The van der Waals surface area contributed by atoms with Gasteiger partial charge in [-0.2, -0.15) is 0 Å². The summed E-state index contributed by atoms with van der Waals surface area (Å²) < 4.78 is 14.6. The van der Waals surface area contributed by atoms with Crippen LogP contribution in [0.25, 0.3) is 0 Å². The van der Waals surface area contributed by atoms with Gasteiger partial charge in [-0.3, -0.25) is 10.1 Å². The van der Waals surface area contributed by atoms with E-state index in [0.29, 0.717) is 16.4 Å². The van der Waals surface area contributed by atoms with E-state index in [-0.39, 0.29) is 5.69 Å². The van der Waals surface area contributed by atoms with Crippen molar-refractivity contribution in [1.29, 1.82) is 0 Å². The van der Waals surface area contributed by atoms with Crippen LogP contribution in [0.5, 0.6) is 0 Å². The van der Waals surface area contributed by atoms with E-state index in [1.807, 2.05) is 36.4 Å². The lowest BCUT2D eigenvalue weighted by Gasteiger charge is -2.22. The molecule has 7 heteroatoms. The number of aromatic nitrogens is 1. The first-order valence-electron chi connectivity index (χ1n) is 7.09. The average Bonchev–Trinajstić information content (AvgIpc) is 2.64. The zero-order chi connectivity index (χ0) is 16.9. The Balaban J connectivity index is 2.02. The molecule has 0 amide bonds. The fourth-order valence-corrected chi connectivity index (χ4v) is 3.31. The van der Waals surface area contributed by atoms with Crippen molar-refractivity contribution in [2.45, 2.75) is 4.90 Å². The van der Waals surface area contributed by atoms with Crippen LogP contribution in [0.4, 0.5) is 17.2 Å². The molecule has 6 nitrogen and oxygen atoms in total. The summed E-state index contributed by atoms with van der Waals surface area (Å²) in [6.45, 7) is 0. The van der Waals surface area contributed by atoms with Gasteiger partial charge in [0.15, 0.2) is 11.0 Å². The second-order valence-electron chi connectivity index (χ2n) is 4.82. The maximum Gasteiger partial charge on any atom is 0.269 e. The number of anilines is 2. The Morgan fingerprint density at radius 1 is 0.917 bits per heavy atom. The van der Waals surface area contributed by atoms with Crippen LogP contribution in [0.3, 0.4) is 0 Å². The summed E-state index contributed by atoms with van der Waals surface area (Å²) in [5.74, 6) is 0.528. The fourth-order valence-electron chi connectivity index (χ4n) is 2.14. The molecule has 1 aromatic heterocycles. The number of benzene rings is 2. The van der Waals surface area contributed by atoms with Crippen molar-refractivity contribution in [3.8, 4) is 0 Å². The van der Waals surface area contributed by atoms with Crippen molar-refractivity contribution in [2.24, 2.45) is 0 Å². The summed E-state index contributed by atoms with van der Waals surface area (Å²) in [6.07, 6.45) is 1.62. The second-order valence-corrected chi connectivity index (χ2v) is 6.15. The molecular formula is C17H13N3O3S. The molecule has 1 unspecified atom stereocenters. The quantitative estimate of drug-likeness (QED) is 0.522. The SMILES string of the molecule is O=[N+]([O-])c1ccc(S(=O)N(c2ccccc2)c2ccccn2)cc1. The molecule has 1 heterocycles. The molecule has 0 fully saturated rings. The molecule has 0 aliphatic carbocycles. The number of hydrogen-bond donors (Lipinski definition) is 0. The topological polar surface area (TPSA) is 76.3 Å². The van der Waals surface area contributed by atoms with E-state index in [2.05, 4.69) is 4.98 Å². The van der Waals surface area contributed by atoms with Crippen molar-refractivity contribution < 1.29 is 9.13 Å². The van der Waals surface area contributed by atoms with Crippen molar-refractivity contribution >= 4 is 28.2 Å². The Bertz CT molecular complexity index is 816. The number of non-ortho nitro benzene ring substituents is 1. The Hall–Kier alpha value is -3.06. The van der Waals surface area contributed by atoms with Crippen molar-refractivity contribution in [2.75, 3.05) is 4.31 Å². The number of nitro groups is 1. The van der Waals surface area contributed by atoms with Gasteiger partial charge < -0.3 is 0 Å². The van der Waals surface area contributed by atoms with Gasteiger partial charge in [-0.15, -0.1) is 0 Å². The van der Waals surface area contributed by atoms with Crippen molar-refractivity contribution in [3.05, 3.63) is 89.1 Å². The molecule has 0 aliphatic rings. The minimum absolute atomic E-state index is 0.0418. The van der Waals surface area contributed by atoms with Gasteiger partial charge in [0.1, 0.15) is 5.82 Å². The van der Waals surface area contributed by atoms with E-state index < -0.39 is 15.9 Å². The number of rotatable bonds is 5. The highest BCUT2D eigenvalue weighted by molar-refractivity contribution is 7.86. The van der Waals surface area contributed by atoms with E-state index in [0.717, 1.165) is 0 Å². The third-order valence-corrected chi connectivity index (χ3v) is 4.67. The minimum atomic E-state index is -1.60. The fraction of sp³-hybridized carbons (Fsp3) is 0. The summed E-state index contributed by atoms with van der Waals surface area (Å²) >= 11 is 0. The van der Waals surface area contributed by atoms with E-state index >= 15 is 0 Å². The van der Waals surface area contributed by atoms with Crippen LogP contribution < -0.4 is 4.31 Å². The molecule has 1 atom stereocenters. The van der Waals surface area contributed by atoms with Crippen LogP contribution in [0.15, 0.2) is 83.9 Å². The predicted molar refractivity (Wildman–Crippen MR) is 92.3 cm³/mol. The van der Waals surface area contributed by atoms with E-state index in [1.165, 1.54) is 24.3 Å². The molecule has 0 spiro atoms. The first-order valence-corrected chi connectivity index (χ1v) is 8.20. The molecule has 0 aliphatic heterocycles. The highest BCUT2D eigenvalue weighted by Gasteiger charge is 2.20. The zero-order valence-corrected chi connectivity index (χ0v) is 13.3. The van der Waals surface area contributed by atoms with Gasteiger partial charge in [0.2, 0.25) is 0 Å². The second kappa shape index (κ2) is 7.01. The molecule has 0 N–H and O–H groups in total. The molecule has 3 rings (SSSR count). The molecule has 0 saturated carbocycles. The van der Waals surface area contributed by atoms with Crippen LogP contribution in [0.2, 0.25) is 0 Å². The predicted octanol–water partition coefficient (Wildman–Crippen LogP) is 3.85. The standard InChI is InChI=1S/C17H13N3O3S/c21-20(22)15-9-11-16(12-10-15)24(23)19(14-6-2-1-3-7-14)17-8-4-5-13-18-17/h1-13H. The van der Waals surface area contributed by atoms with Gasteiger partial charge in [0, 0.05) is 18.3 Å². The highest BCUT2D eigenvalue weighted by atomic mass is 32.2. The summed E-state index contributed by atoms with van der Waals surface area (Å²) in [4.78, 5) is 15.0. The molecule has 0 saturated heterocycles. The lowest BCUT2D eigenvalue weighted by Crippen LogP contribution is -2.21. The third kappa shape index (κ3) is 3.31. The maximum atomic E-state index is 13.1. The van der Waals surface area contributed by atoms with Gasteiger partial charge in [0.25, 0.3) is 5.69 Å². The van der Waals surface area contributed by atoms with Crippen molar-refractivity contribution in [3.63, 3.8) is 0 Å². The molecule has 24 heavy (non-hydrogen) atoms. The highest BCUT2D eigenvalue weighted by Crippen LogP contribution is 2.28. The largest absolute Gasteiger partial charge is 0.269 e. The van der Waals surface area contributed by atoms with Crippen LogP contribution in [0.1, 0.15) is 0 Å². The lowest BCUT2D eigenvalue weighted by molar-refractivity contribution is -0.384. The van der Waals surface area contributed by atoms with E-state index in [9.17, 15) is 14.3 Å². The van der Waals surface area contributed by atoms with Crippen LogP contribution >= 0.6 is 0 Å². The average molecular weight is 339 g/mol. The number of pyridine rings is 1. The van der Waals surface area contributed by atoms with Gasteiger partial charge in [-0.1, -0.05) is 24.3 Å². The summed E-state index contributed by atoms with van der Waals surface area (Å²) in [7, 11) is -1.60. The normalized spacial score (nSPS) is 11.7. The molecule has 3 aromatic rings. The van der Waals surface area contributed by atoms with Gasteiger partial charge in [-0.05, 0) is 36.4 Å². The zero-order valence-electron chi connectivity index (χ0n) is 12.5. The molecule has 0 bridgehead atoms. The van der Waals surface area contributed by atoms with E-state index in [1.54, 1.807) is 22.6 Å². The molecular weight excluding hydrogens is 326 g/mol. The van der Waals surface area contributed by atoms with Gasteiger partial charge in [0.05, 0.1) is 15.5 Å². The summed E-state index contributed by atoms with van der Waals surface area (Å²) in [5.41, 5.74) is 0.674. The van der Waals surface area contributed by atoms with Crippen LogP contribution in [-0.4, -0.2) is 14.1 Å². The molecule has 2 aromatic carbocycles. The van der Waals surface area contributed by atoms with Crippen molar-refractivity contribution in [1.82, 2.24) is 4.98 Å². The molecule has 0 radical (unpaired) electrons. The smallest absolute Gasteiger partial charge is 0.258 e. The number of nitrogens with zero attached hydrogens (tertiary/aromatic N) is 3. The monoisotopic (exact) mass is 339 g/mol. The number of nitro benzene ring substituents is 1. The van der Waals surface area contributed by atoms with Crippen LogP contribution in [-0.2, 0) is 11.0 Å². The Morgan fingerprint density at radius 2 is 1.58 bits per heavy atom. The van der Waals surface area contributed by atoms with Gasteiger partial charge in [-0.25, -0.2) is 13.5 Å². The van der Waals surface area contributed by atoms with E-state index in [4.69, 9.17) is 0 Å². The van der Waals surface area contributed by atoms with Gasteiger partial charge >= 0.3 is 0 Å². The Labute approximate surface area is 141 Å². The summed E-state index contributed by atoms with van der Waals surface area (Å²) in [6, 6.07) is 20.2. The first kappa shape index (κ1) is 15.8. The first-order chi connectivity index (χ1) is 11.7. The lowest BCUT2D eigenvalue weighted by atomic mass is 10.3. The summed E-state index contributed by atoms with van der Waals surface area (Å²) in [5, 5.41) is 10.8. The third-order valence-electron chi connectivity index (χ3n) is 3.26.